The number of methoxy groups -OCH3 is 3. The molecule has 0 aromatic heterocycles. The second-order valence-electron chi connectivity index (χ2n) is 11.0. The minimum Gasteiger partial charge on any atom is -0.456 e. The van der Waals surface area contributed by atoms with E-state index in [1.54, 1.807) is 27.9 Å². The van der Waals surface area contributed by atoms with Gasteiger partial charge in [-0.3, -0.25) is 0 Å². The Kier molecular flexibility index (Phi) is 12.0. The van der Waals surface area contributed by atoms with Gasteiger partial charge in [0.25, 0.3) is 0 Å². The van der Waals surface area contributed by atoms with Crippen molar-refractivity contribution in [2.24, 2.45) is 11.3 Å². The highest BCUT2D eigenvalue weighted by Crippen LogP contribution is 2.46. The first-order chi connectivity index (χ1) is 17.3. The fraction of sp³-hybridized carbons (Fsp3) is 0.889. The second-order valence-corrected chi connectivity index (χ2v) is 11.0. The van der Waals surface area contributed by atoms with E-state index in [2.05, 4.69) is 0 Å². The molecule has 0 radical (unpaired) electrons. The fourth-order valence-electron chi connectivity index (χ4n) is 5.21. The Morgan fingerprint density at radius 2 is 1.73 bits per heavy atom. The molecule has 10 nitrogen and oxygen atoms in total. The van der Waals surface area contributed by atoms with Gasteiger partial charge in [-0.2, -0.15) is 0 Å². The van der Waals surface area contributed by atoms with Crippen LogP contribution in [0.25, 0.3) is 0 Å². The summed E-state index contributed by atoms with van der Waals surface area (Å²) in [5, 5.41) is 43.6. The van der Waals surface area contributed by atoms with Crippen LogP contribution in [-0.4, -0.2) is 103 Å². The van der Waals surface area contributed by atoms with Gasteiger partial charge >= 0.3 is 5.97 Å². The number of ether oxygens (including phenoxy) is 5. The van der Waals surface area contributed by atoms with Crippen molar-refractivity contribution in [2.75, 3.05) is 27.9 Å². The number of carbonyl (C=O) groups excluding carboxylic acids is 1. The lowest BCUT2D eigenvalue weighted by atomic mass is 9.71. The zero-order valence-corrected chi connectivity index (χ0v) is 23.4. The van der Waals surface area contributed by atoms with Gasteiger partial charge in [0.1, 0.15) is 6.10 Å². The van der Waals surface area contributed by atoms with Crippen LogP contribution in [0.1, 0.15) is 66.2 Å². The third-order valence-electron chi connectivity index (χ3n) is 8.28. The molecule has 2 aliphatic heterocycles. The normalized spacial score (nSPS) is 38.9. The van der Waals surface area contributed by atoms with Crippen molar-refractivity contribution in [1.29, 1.82) is 0 Å². The monoisotopic (exact) mass is 532 g/mol. The topological polar surface area (TPSA) is 144 Å². The Bertz CT molecular complexity index is 751. The smallest absolute Gasteiger partial charge is 0.338 e. The van der Waals surface area contributed by atoms with Crippen LogP contribution in [0.5, 0.6) is 0 Å². The SMILES string of the molecule is CC[C@@H](/C=C(\C)[C@@H]1C[C@@H](OC)CC(O)C(C)(C)C2(O)C[C@H](OC)C[C@H](C[C@@H](OC)[C@H](O)C(=O)O1)O2)CO. The van der Waals surface area contributed by atoms with E-state index in [0.29, 0.717) is 18.4 Å². The van der Waals surface area contributed by atoms with E-state index >= 15 is 0 Å². The first-order valence-corrected chi connectivity index (χ1v) is 13.2. The number of hydrogen-bond donors (Lipinski definition) is 4. The minimum atomic E-state index is -1.74. The molecule has 0 saturated carbocycles. The van der Waals surface area contributed by atoms with Gasteiger partial charge in [-0.15, -0.1) is 0 Å². The molecule has 37 heavy (non-hydrogen) atoms. The summed E-state index contributed by atoms with van der Waals surface area (Å²) >= 11 is 0. The maximum atomic E-state index is 13.1. The standard InChI is InChI=1S/C27H48O10/c1-8-17(15-28)9-16(2)21-11-18(33-5)13-23(29)26(3,4)27(32)14-20(34-6)10-19(37-27)12-22(35-7)24(30)25(31)36-21/h9,17-24,28-30,32H,8,10-15H2,1-7H3/b16-9+/t17-,18+,19+,20+,21-,22+,23?,24-,27?/m0/s1. The first-order valence-electron chi connectivity index (χ1n) is 13.2. The third kappa shape index (κ3) is 7.73. The Morgan fingerprint density at radius 1 is 1.08 bits per heavy atom. The van der Waals surface area contributed by atoms with Gasteiger partial charge in [-0.05, 0) is 18.9 Å². The average Bonchev–Trinajstić information content (AvgIpc) is 2.87. The summed E-state index contributed by atoms with van der Waals surface area (Å²) in [5.74, 6) is -2.72. The predicted octanol–water partition coefficient (Wildman–Crippen LogP) is 1.71. The maximum absolute atomic E-state index is 13.1. The van der Waals surface area contributed by atoms with Gasteiger partial charge in [-0.1, -0.05) is 26.8 Å². The summed E-state index contributed by atoms with van der Waals surface area (Å²) in [6, 6.07) is 0. The molecule has 2 fully saturated rings. The van der Waals surface area contributed by atoms with Crippen LogP contribution in [-0.2, 0) is 28.5 Å². The van der Waals surface area contributed by atoms with Gasteiger partial charge in [0, 0.05) is 71.4 Å². The average molecular weight is 533 g/mol. The zero-order chi connectivity index (χ0) is 28.0. The van der Waals surface area contributed by atoms with Crippen LogP contribution in [0, 0.1) is 11.3 Å². The minimum absolute atomic E-state index is 0.0497. The Morgan fingerprint density at radius 3 is 2.27 bits per heavy atom. The molecule has 0 amide bonds. The number of esters is 1. The Balaban J connectivity index is 2.51. The second kappa shape index (κ2) is 13.8. The molecule has 4 N–H and O–H groups in total. The third-order valence-corrected chi connectivity index (χ3v) is 8.28. The number of hydrogen-bond acceptors (Lipinski definition) is 10. The number of rotatable bonds is 7. The van der Waals surface area contributed by atoms with Gasteiger partial charge in [0.15, 0.2) is 11.9 Å². The van der Waals surface area contributed by atoms with Gasteiger partial charge < -0.3 is 44.1 Å². The molecule has 2 saturated heterocycles. The molecule has 2 unspecified atom stereocenters. The van der Waals surface area contributed by atoms with Crippen LogP contribution >= 0.6 is 0 Å². The van der Waals surface area contributed by atoms with E-state index in [0.717, 1.165) is 0 Å². The van der Waals surface area contributed by atoms with Crippen molar-refractivity contribution in [1.82, 2.24) is 0 Å². The molecule has 9 atom stereocenters. The van der Waals surface area contributed by atoms with Gasteiger partial charge in [-0.25, -0.2) is 4.79 Å². The van der Waals surface area contributed by atoms with Crippen molar-refractivity contribution in [2.45, 2.75) is 115 Å². The van der Waals surface area contributed by atoms with Crippen molar-refractivity contribution in [3.05, 3.63) is 11.6 Å². The highest BCUT2D eigenvalue weighted by atomic mass is 16.6. The van der Waals surface area contributed by atoms with E-state index in [-0.39, 0.29) is 44.3 Å². The quantitative estimate of drug-likeness (QED) is 0.282. The molecule has 0 aromatic rings. The van der Waals surface area contributed by atoms with E-state index in [4.69, 9.17) is 23.7 Å². The van der Waals surface area contributed by atoms with Gasteiger partial charge in [0.2, 0.25) is 0 Å². The lowest BCUT2D eigenvalue weighted by Crippen LogP contribution is -2.60. The lowest BCUT2D eigenvalue weighted by Gasteiger charge is -2.51. The van der Waals surface area contributed by atoms with Crippen molar-refractivity contribution < 1.29 is 48.9 Å². The lowest BCUT2D eigenvalue weighted by molar-refractivity contribution is -0.340. The van der Waals surface area contributed by atoms with E-state index in [9.17, 15) is 25.2 Å². The van der Waals surface area contributed by atoms with Crippen LogP contribution in [0.3, 0.4) is 0 Å². The molecule has 0 aromatic carbocycles. The number of aliphatic hydroxyl groups is 4. The van der Waals surface area contributed by atoms with E-state index in [1.165, 1.54) is 14.2 Å². The fourth-order valence-corrected chi connectivity index (χ4v) is 5.21. The molecule has 216 valence electrons. The summed E-state index contributed by atoms with van der Waals surface area (Å²) in [7, 11) is 4.44. The summed E-state index contributed by atoms with van der Waals surface area (Å²) < 4.78 is 28.6. The largest absolute Gasteiger partial charge is 0.456 e. The molecule has 0 spiro atoms. The Labute approximate surface area is 220 Å². The molecule has 2 rings (SSSR count). The summed E-state index contributed by atoms with van der Waals surface area (Å²) in [6.07, 6.45) is -2.32. The summed E-state index contributed by atoms with van der Waals surface area (Å²) in [6.45, 7) is 7.18. The molecule has 2 bridgehead atoms. The molecular weight excluding hydrogens is 484 g/mol. The van der Waals surface area contributed by atoms with Gasteiger partial charge in [0.05, 0.1) is 30.5 Å². The van der Waals surface area contributed by atoms with Crippen molar-refractivity contribution >= 4 is 5.97 Å². The number of carbonyl (C=O) groups is 1. The predicted molar refractivity (Wildman–Crippen MR) is 136 cm³/mol. The molecule has 10 heteroatoms. The van der Waals surface area contributed by atoms with Crippen LogP contribution in [0.15, 0.2) is 11.6 Å². The molecular formula is C27H48O10. The van der Waals surface area contributed by atoms with Crippen LogP contribution in [0.2, 0.25) is 0 Å². The van der Waals surface area contributed by atoms with Crippen LogP contribution in [0.4, 0.5) is 0 Å². The zero-order valence-electron chi connectivity index (χ0n) is 23.4. The Hall–Kier alpha value is -1.11. The van der Waals surface area contributed by atoms with Crippen molar-refractivity contribution in [3.63, 3.8) is 0 Å². The number of fused-ring (bicyclic) bond motifs is 2. The first kappa shape index (κ1) is 32.1. The summed E-state index contributed by atoms with van der Waals surface area (Å²) in [5.41, 5.74) is -0.411. The highest BCUT2D eigenvalue weighted by Gasteiger charge is 2.55. The maximum Gasteiger partial charge on any atom is 0.338 e. The summed E-state index contributed by atoms with van der Waals surface area (Å²) in [4.78, 5) is 13.1. The number of aliphatic hydroxyl groups excluding tert-OH is 3. The van der Waals surface area contributed by atoms with E-state index in [1.807, 2.05) is 13.0 Å². The molecule has 0 aliphatic carbocycles. The van der Waals surface area contributed by atoms with E-state index < -0.39 is 53.8 Å². The number of cyclic esters (lactones) is 1. The van der Waals surface area contributed by atoms with Crippen molar-refractivity contribution in [3.8, 4) is 0 Å². The molecule has 2 aliphatic rings. The highest BCUT2D eigenvalue weighted by molar-refractivity contribution is 5.75. The van der Waals surface area contributed by atoms with Crippen LogP contribution < -0.4 is 0 Å². The molecule has 2 heterocycles.